The summed E-state index contributed by atoms with van der Waals surface area (Å²) < 4.78 is 0. The van der Waals surface area contributed by atoms with E-state index in [1.54, 1.807) is 48.5 Å². The van der Waals surface area contributed by atoms with Crippen LogP contribution in [-0.2, 0) is 9.59 Å². The summed E-state index contributed by atoms with van der Waals surface area (Å²) in [5.41, 5.74) is 0. The van der Waals surface area contributed by atoms with E-state index in [4.69, 9.17) is 23.2 Å². The summed E-state index contributed by atoms with van der Waals surface area (Å²) in [5.74, 6) is 0. The lowest BCUT2D eigenvalue weighted by molar-refractivity contribution is -0.117. The third-order valence-electron chi connectivity index (χ3n) is 2.41. The van der Waals surface area contributed by atoms with Gasteiger partial charge in [0.15, 0.2) is 0 Å². The zero-order valence-corrected chi connectivity index (χ0v) is 13.9. The van der Waals surface area contributed by atoms with Crippen molar-refractivity contribution in [2.45, 2.75) is 16.2 Å². The van der Waals surface area contributed by atoms with Gasteiger partial charge in [0.25, 0.3) is 0 Å². The minimum Gasteiger partial charge on any atom is -0.286 e. The minimum absolute atomic E-state index is 0.175. The van der Waals surface area contributed by atoms with Gasteiger partial charge < -0.3 is 0 Å². The lowest BCUT2D eigenvalue weighted by atomic mass is 10.4. The zero-order valence-electron chi connectivity index (χ0n) is 10.7. The SMILES string of the molecule is O=C(CC(=O)Sc1ccccc1Cl)Sc1ccccc1Cl. The lowest BCUT2D eigenvalue weighted by Crippen LogP contribution is -2.00. The van der Waals surface area contributed by atoms with Crippen molar-refractivity contribution in [2.75, 3.05) is 0 Å². The number of carbonyl (C=O) groups excluding carboxylic acids is 2. The normalized spacial score (nSPS) is 10.4. The highest BCUT2D eigenvalue weighted by Gasteiger charge is 2.15. The van der Waals surface area contributed by atoms with Gasteiger partial charge in [-0.05, 0) is 47.8 Å². The number of hydrogen-bond donors (Lipinski definition) is 0. The number of thioether (sulfide) groups is 2. The number of carbonyl (C=O) groups is 2. The zero-order chi connectivity index (χ0) is 15.2. The molecule has 0 aliphatic heterocycles. The minimum atomic E-state index is -0.243. The average molecular weight is 357 g/mol. The van der Waals surface area contributed by atoms with Crippen molar-refractivity contribution >= 4 is 57.0 Å². The van der Waals surface area contributed by atoms with Gasteiger partial charge in [-0.15, -0.1) is 0 Å². The van der Waals surface area contributed by atoms with Gasteiger partial charge in [-0.2, -0.15) is 0 Å². The summed E-state index contributed by atoms with van der Waals surface area (Å²) in [5, 5.41) is 0.518. The molecule has 108 valence electrons. The van der Waals surface area contributed by atoms with Crippen LogP contribution in [0, 0.1) is 0 Å². The quantitative estimate of drug-likeness (QED) is 0.548. The van der Waals surface area contributed by atoms with Crippen LogP contribution < -0.4 is 0 Å². The first kappa shape index (κ1) is 16.4. The number of rotatable bonds is 4. The average Bonchev–Trinajstić information content (AvgIpc) is 2.44. The van der Waals surface area contributed by atoms with Crippen molar-refractivity contribution in [1.82, 2.24) is 0 Å². The second-order valence-corrected chi connectivity index (χ2v) is 7.00. The molecule has 0 unspecified atom stereocenters. The number of hydrogen-bond acceptors (Lipinski definition) is 4. The second kappa shape index (κ2) is 7.90. The predicted octanol–water partition coefficient (Wildman–Crippen LogP) is 5.32. The van der Waals surface area contributed by atoms with E-state index in [1.165, 1.54) is 0 Å². The molecule has 2 aromatic rings. The summed E-state index contributed by atoms with van der Waals surface area (Å²) in [6.45, 7) is 0. The van der Waals surface area contributed by atoms with E-state index in [0.29, 0.717) is 19.8 Å². The van der Waals surface area contributed by atoms with Crippen LogP contribution >= 0.6 is 46.7 Å². The smallest absolute Gasteiger partial charge is 0.202 e. The van der Waals surface area contributed by atoms with Crippen LogP contribution in [0.25, 0.3) is 0 Å². The van der Waals surface area contributed by atoms with E-state index >= 15 is 0 Å². The van der Waals surface area contributed by atoms with Gasteiger partial charge in [0.2, 0.25) is 10.2 Å². The molecule has 0 aliphatic rings. The highest BCUT2D eigenvalue weighted by Crippen LogP contribution is 2.31. The first-order chi connectivity index (χ1) is 10.1. The summed E-state index contributed by atoms with van der Waals surface area (Å²) in [4.78, 5) is 25.1. The highest BCUT2D eigenvalue weighted by molar-refractivity contribution is 8.15. The Hall–Kier alpha value is -0.940. The molecule has 2 rings (SSSR count). The molecule has 0 radical (unpaired) electrons. The molecule has 0 spiro atoms. The topological polar surface area (TPSA) is 34.1 Å². The molecule has 2 aromatic carbocycles. The van der Waals surface area contributed by atoms with E-state index in [1.807, 2.05) is 0 Å². The molecule has 0 bridgehead atoms. The molecule has 0 amide bonds. The van der Waals surface area contributed by atoms with Crippen LogP contribution in [0.4, 0.5) is 0 Å². The summed E-state index contributed by atoms with van der Waals surface area (Å²) in [6, 6.07) is 14.1. The van der Waals surface area contributed by atoms with Gasteiger partial charge >= 0.3 is 0 Å². The van der Waals surface area contributed by atoms with Gasteiger partial charge in [-0.1, -0.05) is 47.5 Å². The highest BCUT2D eigenvalue weighted by atomic mass is 35.5. The van der Waals surface area contributed by atoms with Crippen LogP contribution in [-0.4, -0.2) is 10.2 Å². The Morgan fingerprint density at radius 2 is 1.14 bits per heavy atom. The monoisotopic (exact) mass is 356 g/mol. The molecule has 21 heavy (non-hydrogen) atoms. The fourth-order valence-electron chi connectivity index (χ4n) is 1.49. The lowest BCUT2D eigenvalue weighted by Gasteiger charge is -2.04. The Balaban J connectivity index is 1.93. The second-order valence-electron chi connectivity index (χ2n) is 3.99. The largest absolute Gasteiger partial charge is 0.286 e. The standard InChI is InChI=1S/C15H10Cl2O2S2/c16-10-5-1-3-7-12(10)20-14(18)9-15(19)21-13-8-4-2-6-11(13)17/h1-8H,9H2. The van der Waals surface area contributed by atoms with Crippen LogP contribution in [0.15, 0.2) is 58.3 Å². The van der Waals surface area contributed by atoms with Crippen molar-refractivity contribution < 1.29 is 9.59 Å². The van der Waals surface area contributed by atoms with E-state index < -0.39 is 0 Å². The third-order valence-corrected chi connectivity index (χ3v) is 5.19. The Kier molecular flexibility index (Phi) is 6.18. The fraction of sp³-hybridized carbons (Fsp3) is 0.0667. The van der Waals surface area contributed by atoms with Gasteiger partial charge in [-0.3, -0.25) is 9.59 Å². The van der Waals surface area contributed by atoms with Gasteiger partial charge in [0, 0.05) is 9.79 Å². The fourth-order valence-corrected chi connectivity index (χ4v) is 3.61. The molecule has 0 aromatic heterocycles. The number of benzene rings is 2. The molecule has 0 atom stereocenters. The molecular formula is C15H10Cl2O2S2. The Bertz CT molecular complexity index is 617. The molecule has 0 heterocycles. The maximum atomic E-state index is 11.9. The Labute approximate surface area is 141 Å². The Morgan fingerprint density at radius 1 is 0.762 bits per heavy atom. The predicted molar refractivity (Wildman–Crippen MR) is 89.2 cm³/mol. The van der Waals surface area contributed by atoms with Crippen molar-refractivity contribution in [3.8, 4) is 0 Å². The van der Waals surface area contributed by atoms with Gasteiger partial charge in [0.1, 0.15) is 0 Å². The van der Waals surface area contributed by atoms with Gasteiger partial charge in [0.05, 0.1) is 16.5 Å². The summed E-state index contributed by atoms with van der Waals surface area (Å²) >= 11 is 13.9. The van der Waals surface area contributed by atoms with Crippen molar-refractivity contribution in [2.24, 2.45) is 0 Å². The van der Waals surface area contributed by atoms with E-state index in [2.05, 4.69) is 0 Å². The third kappa shape index (κ3) is 5.08. The van der Waals surface area contributed by atoms with E-state index in [0.717, 1.165) is 23.5 Å². The maximum Gasteiger partial charge on any atom is 0.202 e. The Morgan fingerprint density at radius 3 is 1.52 bits per heavy atom. The van der Waals surface area contributed by atoms with Crippen LogP contribution in [0.5, 0.6) is 0 Å². The molecule has 6 heteroatoms. The van der Waals surface area contributed by atoms with Gasteiger partial charge in [-0.25, -0.2) is 0 Å². The molecule has 0 N–H and O–H groups in total. The van der Waals surface area contributed by atoms with Crippen molar-refractivity contribution in [3.05, 3.63) is 58.6 Å². The van der Waals surface area contributed by atoms with Crippen LogP contribution in [0.3, 0.4) is 0 Å². The molecule has 0 saturated heterocycles. The molecule has 2 nitrogen and oxygen atoms in total. The van der Waals surface area contributed by atoms with E-state index in [-0.39, 0.29) is 16.7 Å². The van der Waals surface area contributed by atoms with E-state index in [9.17, 15) is 9.59 Å². The van der Waals surface area contributed by atoms with Crippen molar-refractivity contribution in [1.29, 1.82) is 0 Å². The maximum absolute atomic E-state index is 11.9. The molecular weight excluding hydrogens is 347 g/mol. The first-order valence-electron chi connectivity index (χ1n) is 5.96. The molecule has 0 aliphatic carbocycles. The first-order valence-corrected chi connectivity index (χ1v) is 8.35. The van der Waals surface area contributed by atoms with Crippen LogP contribution in [0.1, 0.15) is 6.42 Å². The summed E-state index contributed by atoms with van der Waals surface area (Å²) in [7, 11) is 0. The molecule has 0 fully saturated rings. The van der Waals surface area contributed by atoms with Crippen molar-refractivity contribution in [3.63, 3.8) is 0 Å². The summed E-state index contributed by atoms with van der Waals surface area (Å²) in [6.07, 6.45) is -0.175. The van der Waals surface area contributed by atoms with Crippen LogP contribution in [0.2, 0.25) is 10.0 Å². The molecule has 0 saturated carbocycles. The number of halogens is 2.